The van der Waals surface area contributed by atoms with Gasteiger partial charge in [0.05, 0.1) is 0 Å². The molecule has 20 heavy (non-hydrogen) atoms. The molecule has 104 valence electrons. The SMILES string of the molecule is Nc1ncc2ccccc2c1C(=O)OC(=O)C(F)(F)F. The first kappa shape index (κ1) is 13.8. The van der Waals surface area contributed by atoms with Gasteiger partial charge in [-0.1, -0.05) is 24.3 Å². The summed E-state index contributed by atoms with van der Waals surface area (Å²) in [7, 11) is 0. The minimum absolute atomic E-state index is 0.250. The molecule has 0 radical (unpaired) electrons. The van der Waals surface area contributed by atoms with Gasteiger partial charge in [0, 0.05) is 17.0 Å². The van der Waals surface area contributed by atoms with E-state index in [-0.39, 0.29) is 16.8 Å². The standard InChI is InChI=1S/C12H7F3N2O3/c13-12(14,15)11(19)20-10(18)8-7-4-2-1-3-6(7)5-17-9(8)16/h1-5H,(H2,16,17). The molecule has 0 unspecified atom stereocenters. The van der Waals surface area contributed by atoms with E-state index in [0.717, 1.165) is 0 Å². The van der Waals surface area contributed by atoms with Crippen molar-refractivity contribution in [3.63, 3.8) is 0 Å². The molecule has 0 fully saturated rings. The van der Waals surface area contributed by atoms with Gasteiger partial charge in [0.15, 0.2) is 0 Å². The average molecular weight is 284 g/mol. The first-order valence-corrected chi connectivity index (χ1v) is 5.27. The van der Waals surface area contributed by atoms with Crippen molar-refractivity contribution >= 4 is 28.5 Å². The monoisotopic (exact) mass is 284 g/mol. The van der Waals surface area contributed by atoms with Crippen LogP contribution in [0, 0.1) is 0 Å². The number of hydrogen-bond acceptors (Lipinski definition) is 5. The second kappa shape index (κ2) is 4.80. The number of esters is 2. The van der Waals surface area contributed by atoms with Crippen LogP contribution in [0.2, 0.25) is 0 Å². The van der Waals surface area contributed by atoms with E-state index in [1.807, 2.05) is 0 Å². The number of alkyl halides is 3. The highest BCUT2D eigenvalue weighted by atomic mass is 19.4. The fraction of sp³-hybridized carbons (Fsp3) is 0.0833. The van der Waals surface area contributed by atoms with Crippen molar-refractivity contribution in [2.45, 2.75) is 6.18 Å². The molecule has 0 amide bonds. The quantitative estimate of drug-likeness (QED) is 0.640. The van der Waals surface area contributed by atoms with Gasteiger partial charge >= 0.3 is 18.1 Å². The van der Waals surface area contributed by atoms with Crippen LogP contribution < -0.4 is 5.73 Å². The Morgan fingerprint density at radius 3 is 2.50 bits per heavy atom. The molecule has 2 N–H and O–H groups in total. The number of carbonyl (C=O) groups is 2. The Morgan fingerprint density at radius 1 is 1.20 bits per heavy atom. The van der Waals surface area contributed by atoms with Crippen LogP contribution in [0.1, 0.15) is 10.4 Å². The number of anilines is 1. The minimum Gasteiger partial charge on any atom is -0.383 e. The van der Waals surface area contributed by atoms with Crippen molar-refractivity contribution in [2.75, 3.05) is 5.73 Å². The number of carbonyl (C=O) groups excluding carboxylic acids is 2. The van der Waals surface area contributed by atoms with Crippen molar-refractivity contribution in [3.8, 4) is 0 Å². The second-order valence-electron chi connectivity index (χ2n) is 3.78. The van der Waals surface area contributed by atoms with Crippen LogP contribution in [0.25, 0.3) is 10.8 Å². The first-order valence-electron chi connectivity index (χ1n) is 5.27. The lowest BCUT2D eigenvalue weighted by atomic mass is 10.1. The van der Waals surface area contributed by atoms with Gasteiger partial charge in [0.25, 0.3) is 0 Å². The normalized spacial score (nSPS) is 11.3. The second-order valence-corrected chi connectivity index (χ2v) is 3.78. The van der Waals surface area contributed by atoms with Gasteiger partial charge in [0.2, 0.25) is 0 Å². The molecule has 0 aliphatic rings. The van der Waals surface area contributed by atoms with E-state index < -0.39 is 18.1 Å². The molecule has 0 aliphatic carbocycles. The molecule has 0 saturated carbocycles. The molecule has 0 spiro atoms. The molecule has 0 saturated heterocycles. The first-order chi connectivity index (χ1) is 9.30. The van der Waals surface area contributed by atoms with E-state index in [1.54, 1.807) is 18.2 Å². The number of pyridine rings is 1. The van der Waals surface area contributed by atoms with Gasteiger partial charge in [-0.25, -0.2) is 14.6 Å². The van der Waals surface area contributed by atoms with Gasteiger partial charge in [-0.05, 0) is 0 Å². The summed E-state index contributed by atoms with van der Waals surface area (Å²) in [5.74, 6) is -4.41. The number of hydrogen-bond donors (Lipinski definition) is 1. The number of nitrogens with two attached hydrogens (primary N) is 1. The average Bonchev–Trinajstić information content (AvgIpc) is 2.37. The number of ether oxygens (including phenoxy) is 1. The molecule has 0 bridgehead atoms. The summed E-state index contributed by atoms with van der Waals surface area (Å²) in [6.45, 7) is 0. The fourth-order valence-electron chi connectivity index (χ4n) is 1.59. The minimum atomic E-state index is -5.26. The van der Waals surface area contributed by atoms with Crippen molar-refractivity contribution in [1.29, 1.82) is 0 Å². The van der Waals surface area contributed by atoms with Crippen LogP contribution in [-0.4, -0.2) is 23.1 Å². The fourth-order valence-corrected chi connectivity index (χ4v) is 1.59. The molecular weight excluding hydrogens is 277 g/mol. The molecule has 8 heteroatoms. The zero-order chi connectivity index (χ0) is 14.9. The summed E-state index contributed by atoms with van der Waals surface area (Å²) in [6.07, 6.45) is -3.91. The summed E-state index contributed by atoms with van der Waals surface area (Å²) < 4.78 is 40.0. The van der Waals surface area contributed by atoms with Crippen molar-refractivity contribution in [2.24, 2.45) is 0 Å². The number of benzene rings is 1. The Kier molecular flexibility index (Phi) is 3.31. The molecule has 0 atom stereocenters. The predicted molar refractivity (Wildman–Crippen MR) is 62.6 cm³/mol. The summed E-state index contributed by atoms with van der Waals surface area (Å²) in [5, 5.41) is 0.730. The maximum atomic E-state index is 12.1. The van der Waals surface area contributed by atoms with Gasteiger partial charge in [0.1, 0.15) is 11.4 Å². The zero-order valence-corrected chi connectivity index (χ0v) is 9.77. The van der Waals surface area contributed by atoms with E-state index in [1.165, 1.54) is 12.3 Å². The Balaban J connectivity index is 2.45. The number of halogens is 3. The van der Waals surface area contributed by atoms with Crippen LogP contribution in [0.15, 0.2) is 30.5 Å². The lowest BCUT2D eigenvalue weighted by Gasteiger charge is -2.09. The molecular formula is C12H7F3N2O3. The number of nitrogen functional groups attached to an aromatic ring is 1. The number of aromatic nitrogens is 1. The Morgan fingerprint density at radius 2 is 1.85 bits per heavy atom. The molecule has 1 aromatic heterocycles. The Bertz CT molecular complexity index is 698. The van der Waals surface area contributed by atoms with Gasteiger partial charge in [-0.3, -0.25) is 0 Å². The largest absolute Gasteiger partial charge is 0.491 e. The Hall–Kier alpha value is -2.64. The van der Waals surface area contributed by atoms with E-state index in [0.29, 0.717) is 5.39 Å². The zero-order valence-electron chi connectivity index (χ0n) is 9.77. The van der Waals surface area contributed by atoms with E-state index in [2.05, 4.69) is 9.72 Å². The van der Waals surface area contributed by atoms with Crippen molar-refractivity contribution < 1.29 is 27.5 Å². The molecule has 0 aliphatic heterocycles. The van der Waals surface area contributed by atoms with Gasteiger partial charge < -0.3 is 10.5 Å². The maximum Gasteiger partial charge on any atom is 0.491 e. The summed E-state index contributed by atoms with van der Waals surface area (Å²) in [6, 6.07) is 6.26. The highest BCUT2D eigenvalue weighted by molar-refractivity contribution is 6.10. The third-order valence-corrected chi connectivity index (χ3v) is 2.45. The van der Waals surface area contributed by atoms with Gasteiger partial charge in [-0.15, -0.1) is 0 Å². The molecule has 1 aromatic carbocycles. The number of nitrogens with zero attached hydrogens (tertiary/aromatic N) is 1. The lowest BCUT2D eigenvalue weighted by molar-refractivity contribution is -0.193. The third-order valence-electron chi connectivity index (χ3n) is 2.45. The summed E-state index contributed by atoms with van der Waals surface area (Å²) in [5.41, 5.74) is 5.09. The van der Waals surface area contributed by atoms with E-state index >= 15 is 0 Å². The van der Waals surface area contributed by atoms with Crippen LogP contribution in [0.3, 0.4) is 0 Å². The number of fused-ring (bicyclic) bond motifs is 1. The summed E-state index contributed by atoms with van der Waals surface area (Å²) >= 11 is 0. The number of rotatable bonds is 1. The summed E-state index contributed by atoms with van der Waals surface area (Å²) in [4.78, 5) is 26.0. The van der Waals surface area contributed by atoms with E-state index in [9.17, 15) is 22.8 Å². The highest BCUT2D eigenvalue weighted by Gasteiger charge is 2.43. The third kappa shape index (κ3) is 2.53. The topological polar surface area (TPSA) is 82.3 Å². The van der Waals surface area contributed by atoms with Gasteiger partial charge in [-0.2, -0.15) is 13.2 Å². The molecule has 5 nitrogen and oxygen atoms in total. The van der Waals surface area contributed by atoms with Crippen LogP contribution in [-0.2, 0) is 9.53 Å². The van der Waals surface area contributed by atoms with Crippen LogP contribution >= 0.6 is 0 Å². The molecule has 2 rings (SSSR count). The lowest BCUT2D eigenvalue weighted by Crippen LogP contribution is -2.28. The smallest absolute Gasteiger partial charge is 0.383 e. The van der Waals surface area contributed by atoms with Crippen molar-refractivity contribution in [1.82, 2.24) is 4.98 Å². The molecule has 2 aromatic rings. The molecule has 1 heterocycles. The Labute approximate surface area is 110 Å². The van der Waals surface area contributed by atoms with Crippen LogP contribution in [0.4, 0.5) is 19.0 Å². The van der Waals surface area contributed by atoms with Crippen molar-refractivity contribution in [3.05, 3.63) is 36.0 Å². The predicted octanol–water partition coefficient (Wildman–Crippen LogP) is 2.06. The highest BCUT2D eigenvalue weighted by Crippen LogP contribution is 2.24. The maximum absolute atomic E-state index is 12.1. The van der Waals surface area contributed by atoms with E-state index in [4.69, 9.17) is 5.73 Å². The van der Waals surface area contributed by atoms with Crippen LogP contribution in [0.5, 0.6) is 0 Å².